The molecule has 2 heterocycles. The van der Waals surface area contributed by atoms with Crippen LogP contribution in [-0.2, 0) is 4.84 Å². The third-order valence-electron chi connectivity index (χ3n) is 6.28. The largest absolute Gasteiger partial charge is 0.493 e. The highest BCUT2D eigenvalue weighted by molar-refractivity contribution is 6.40. The number of carboxylic acid groups (broad SMARTS) is 1. The second-order valence-corrected chi connectivity index (χ2v) is 9.91. The first-order valence-corrected chi connectivity index (χ1v) is 12.5. The van der Waals surface area contributed by atoms with Crippen LogP contribution in [0.15, 0.2) is 72.0 Å². The first-order chi connectivity index (χ1) is 17.8. The highest BCUT2D eigenvalue weighted by Crippen LogP contribution is 2.35. The summed E-state index contributed by atoms with van der Waals surface area (Å²) in [6.45, 7) is 4.51. The van der Waals surface area contributed by atoms with Gasteiger partial charge in [0.2, 0.25) is 0 Å². The molecule has 0 fully saturated rings. The molecule has 1 N–H and O–H groups in total. The average Bonchev–Trinajstić information content (AvgIpc) is 3.31. The lowest BCUT2D eigenvalue weighted by Crippen LogP contribution is -2.33. The molecule has 188 valence electrons. The molecule has 7 nitrogen and oxygen atoms in total. The summed E-state index contributed by atoms with van der Waals surface area (Å²) in [5.41, 5.74) is 4.32. The van der Waals surface area contributed by atoms with E-state index in [9.17, 15) is 4.79 Å². The Kier molecular flexibility index (Phi) is 7.00. The van der Waals surface area contributed by atoms with Crippen LogP contribution in [0.1, 0.15) is 29.9 Å². The lowest BCUT2D eigenvalue weighted by atomic mass is 9.87. The van der Waals surface area contributed by atoms with Gasteiger partial charge in [-0.15, -0.1) is 0 Å². The van der Waals surface area contributed by atoms with Crippen LogP contribution in [-0.4, -0.2) is 39.5 Å². The first-order valence-electron chi connectivity index (χ1n) is 11.7. The number of oxime groups is 1. The summed E-state index contributed by atoms with van der Waals surface area (Å²) in [5.74, 6) is -0.339. The van der Waals surface area contributed by atoms with E-state index < -0.39 is 5.97 Å². The number of rotatable bonds is 7. The lowest BCUT2D eigenvalue weighted by Gasteiger charge is -2.23. The van der Waals surface area contributed by atoms with Gasteiger partial charge in [0.1, 0.15) is 24.2 Å². The van der Waals surface area contributed by atoms with Gasteiger partial charge in [0, 0.05) is 5.56 Å². The van der Waals surface area contributed by atoms with Crippen LogP contribution < -0.4 is 4.74 Å². The molecule has 1 aliphatic heterocycles. The summed E-state index contributed by atoms with van der Waals surface area (Å²) in [6, 6.07) is 18.6. The highest BCUT2D eigenvalue weighted by Gasteiger charge is 2.39. The van der Waals surface area contributed by atoms with Crippen molar-refractivity contribution < 1.29 is 19.5 Å². The Morgan fingerprint density at radius 1 is 1.03 bits per heavy atom. The van der Waals surface area contributed by atoms with Crippen LogP contribution >= 0.6 is 23.2 Å². The molecule has 0 aliphatic carbocycles. The zero-order valence-electron chi connectivity index (χ0n) is 20.1. The summed E-state index contributed by atoms with van der Waals surface area (Å²) in [5, 5.41) is 14.5. The van der Waals surface area contributed by atoms with Crippen molar-refractivity contribution in [1.82, 2.24) is 9.97 Å². The van der Waals surface area contributed by atoms with E-state index >= 15 is 0 Å². The summed E-state index contributed by atoms with van der Waals surface area (Å²) >= 11 is 12.9. The summed E-state index contributed by atoms with van der Waals surface area (Å²) in [4.78, 5) is 25.3. The number of ether oxygens (including phenoxy) is 1. The van der Waals surface area contributed by atoms with Gasteiger partial charge in [0.25, 0.3) is 0 Å². The number of hydrogen-bond acceptors (Lipinski definition) is 6. The van der Waals surface area contributed by atoms with Gasteiger partial charge in [-0.2, -0.15) is 0 Å². The maximum atomic E-state index is 11.1. The summed E-state index contributed by atoms with van der Waals surface area (Å²) < 4.78 is 6.17. The van der Waals surface area contributed by atoms with Crippen molar-refractivity contribution in [3.05, 3.63) is 88.2 Å². The number of fused-ring (bicyclic) bond motifs is 1. The first kappa shape index (κ1) is 25.0. The van der Waals surface area contributed by atoms with Gasteiger partial charge in [0.15, 0.2) is 5.69 Å². The molecule has 2 unspecified atom stereocenters. The minimum Gasteiger partial charge on any atom is -0.493 e. The lowest BCUT2D eigenvalue weighted by molar-refractivity contribution is 0.0178. The van der Waals surface area contributed by atoms with Crippen LogP contribution in [0.3, 0.4) is 0 Å². The number of hydrogen-bond donors (Lipinski definition) is 1. The number of aromatic carboxylic acids is 1. The third kappa shape index (κ3) is 5.10. The van der Waals surface area contributed by atoms with Crippen molar-refractivity contribution >= 4 is 45.9 Å². The van der Waals surface area contributed by atoms with Gasteiger partial charge in [-0.25, -0.2) is 9.78 Å². The van der Waals surface area contributed by atoms with Crippen molar-refractivity contribution in [3.8, 4) is 16.9 Å². The van der Waals surface area contributed by atoms with Crippen LogP contribution in [0.5, 0.6) is 5.75 Å². The topological polar surface area (TPSA) is 93.9 Å². The number of nitrogens with zero attached hydrogens (tertiary/aromatic N) is 3. The molecule has 37 heavy (non-hydrogen) atoms. The molecular weight excluding hydrogens is 513 g/mol. The number of carboxylic acids is 1. The van der Waals surface area contributed by atoms with Crippen molar-refractivity contribution in [2.75, 3.05) is 6.61 Å². The molecule has 4 aromatic rings. The molecule has 0 spiro atoms. The van der Waals surface area contributed by atoms with E-state index in [-0.39, 0.29) is 23.6 Å². The van der Waals surface area contributed by atoms with Crippen molar-refractivity contribution in [2.45, 2.75) is 20.0 Å². The fourth-order valence-electron chi connectivity index (χ4n) is 4.37. The molecule has 0 amide bonds. The molecule has 5 rings (SSSR count). The van der Waals surface area contributed by atoms with Gasteiger partial charge in [-0.3, -0.25) is 4.98 Å². The van der Waals surface area contributed by atoms with Gasteiger partial charge >= 0.3 is 5.97 Å². The average molecular weight is 536 g/mol. The maximum Gasteiger partial charge on any atom is 0.356 e. The summed E-state index contributed by atoms with van der Waals surface area (Å²) in [7, 11) is 0. The second-order valence-electron chi connectivity index (χ2n) is 9.09. The molecule has 2 atom stereocenters. The molecule has 9 heteroatoms. The Bertz CT molecular complexity index is 1490. The van der Waals surface area contributed by atoms with Crippen molar-refractivity contribution in [1.29, 1.82) is 0 Å². The fraction of sp³-hybridized carbons (Fsp3) is 0.214. The minimum atomic E-state index is -1.11. The Labute approximate surface area is 223 Å². The standard InChI is InChI=1S/C28H23Cl2N3O4/c1-15(2)27-19(26(33-37-27)25-20(29)4-3-5-21(25)30)14-36-18-9-6-16(7-10-18)17-8-11-22-23(12-17)31-13-24(32-22)28(34)35/h3-13,15,19,27H,14H2,1-2H3,(H,34,35). The normalized spacial score (nSPS) is 17.1. The summed E-state index contributed by atoms with van der Waals surface area (Å²) in [6.07, 6.45) is 1.09. The quantitative estimate of drug-likeness (QED) is 0.281. The monoisotopic (exact) mass is 535 g/mol. The molecule has 0 bridgehead atoms. The number of halogens is 2. The Morgan fingerprint density at radius 2 is 1.73 bits per heavy atom. The molecule has 1 aromatic heterocycles. The van der Waals surface area contributed by atoms with E-state index in [4.69, 9.17) is 37.9 Å². The zero-order valence-corrected chi connectivity index (χ0v) is 21.6. The molecule has 0 radical (unpaired) electrons. The Balaban J connectivity index is 1.33. The van der Waals surface area contributed by atoms with Gasteiger partial charge in [-0.1, -0.05) is 66.5 Å². The van der Waals surface area contributed by atoms with E-state index in [1.807, 2.05) is 36.4 Å². The SMILES string of the molecule is CC(C)C1ON=C(c2c(Cl)cccc2Cl)C1COc1ccc(-c2ccc3nc(C(=O)O)cnc3c2)cc1. The van der Waals surface area contributed by atoms with E-state index in [0.29, 0.717) is 44.7 Å². The predicted molar refractivity (Wildman–Crippen MR) is 144 cm³/mol. The predicted octanol–water partition coefficient (Wildman–Crippen LogP) is 6.76. The molecule has 1 aliphatic rings. The zero-order chi connectivity index (χ0) is 26.1. The van der Waals surface area contributed by atoms with E-state index in [2.05, 4.69) is 29.0 Å². The van der Waals surface area contributed by atoms with Gasteiger partial charge < -0.3 is 14.7 Å². The van der Waals surface area contributed by atoms with E-state index in [0.717, 1.165) is 11.1 Å². The van der Waals surface area contributed by atoms with Crippen LogP contribution in [0, 0.1) is 11.8 Å². The molecule has 0 saturated heterocycles. The van der Waals surface area contributed by atoms with E-state index in [1.165, 1.54) is 6.20 Å². The highest BCUT2D eigenvalue weighted by atomic mass is 35.5. The fourth-order valence-corrected chi connectivity index (χ4v) is 4.96. The number of aromatic nitrogens is 2. The van der Waals surface area contributed by atoms with Crippen LogP contribution in [0.4, 0.5) is 0 Å². The Hall–Kier alpha value is -3.68. The van der Waals surface area contributed by atoms with Crippen LogP contribution in [0.25, 0.3) is 22.2 Å². The van der Waals surface area contributed by atoms with Gasteiger partial charge in [-0.05, 0) is 53.4 Å². The second kappa shape index (κ2) is 10.4. The molecular formula is C28H23Cl2N3O4. The smallest absolute Gasteiger partial charge is 0.356 e. The molecule has 0 saturated carbocycles. The third-order valence-corrected chi connectivity index (χ3v) is 6.91. The van der Waals surface area contributed by atoms with Crippen molar-refractivity contribution in [2.24, 2.45) is 17.0 Å². The molecule has 3 aromatic carbocycles. The Morgan fingerprint density at radius 3 is 2.41 bits per heavy atom. The number of carbonyl (C=O) groups is 1. The maximum absolute atomic E-state index is 11.1. The van der Waals surface area contributed by atoms with E-state index in [1.54, 1.807) is 24.3 Å². The van der Waals surface area contributed by atoms with Crippen LogP contribution in [0.2, 0.25) is 10.0 Å². The minimum absolute atomic E-state index is 0.0841. The van der Waals surface area contributed by atoms with Gasteiger partial charge in [0.05, 0.1) is 33.2 Å². The van der Waals surface area contributed by atoms with Crippen molar-refractivity contribution in [3.63, 3.8) is 0 Å². The number of benzene rings is 3.